The van der Waals surface area contributed by atoms with E-state index in [1.54, 1.807) is 12.1 Å². The second-order valence-electron chi connectivity index (χ2n) is 5.00. The third-order valence-electron chi connectivity index (χ3n) is 3.20. The van der Waals surface area contributed by atoms with E-state index < -0.39 is 13.0 Å². The number of hydrogen-bond acceptors (Lipinski definition) is 3. The molecular weight excluding hydrogens is 307 g/mol. The maximum absolute atomic E-state index is 10.7. The number of non-ortho nitro benzene ring substituents is 1. The van der Waals surface area contributed by atoms with Gasteiger partial charge >= 0.3 is 0 Å². The first-order valence-corrected chi connectivity index (χ1v) is 8.74. The zero-order valence-electron chi connectivity index (χ0n) is 12.6. The summed E-state index contributed by atoms with van der Waals surface area (Å²) in [6.45, 7) is 3.81. The van der Waals surface area contributed by atoms with E-state index in [0.717, 1.165) is 17.9 Å². The first-order chi connectivity index (χ1) is 11.1. The minimum absolute atomic E-state index is 0.0992. The summed E-state index contributed by atoms with van der Waals surface area (Å²) in [6.07, 6.45) is 7.01. The molecule has 0 saturated carbocycles. The summed E-state index contributed by atoms with van der Waals surface area (Å²) in [6, 6.07) is 16.8. The molecule has 0 aliphatic carbocycles. The SMILES string of the molecule is C#CC(=C)NP(Cc1ccccc1)Cc1ccc([N+](=O)[O-])cc1. The lowest BCUT2D eigenvalue weighted by Gasteiger charge is -2.20. The van der Waals surface area contributed by atoms with Gasteiger partial charge in [0.25, 0.3) is 5.69 Å². The van der Waals surface area contributed by atoms with E-state index in [2.05, 4.69) is 29.7 Å². The molecule has 1 N–H and O–H groups in total. The fraction of sp³-hybridized carbons (Fsp3) is 0.111. The highest BCUT2D eigenvalue weighted by Gasteiger charge is 2.12. The first-order valence-electron chi connectivity index (χ1n) is 7.03. The summed E-state index contributed by atoms with van der Waals surface area (Å²) < 4.78 is 0. The molecule has 116 valence electrons. The molecule has 0 heterocycles. The minimum Gasteiger partial charge on any atom is -0.357 e. The Morgan fingerprint density at radius 2 is 1.70 bits per heavy atom. The van der Waals surface area contributed by atoms with Gasteiger partial charge in [0.1, 0.15) is 0 Å². The van der Waals surface area contributed by atoms with Crippen molar-refractivity contribution in [3.63, 3.8) is 0 Å². The topological polar surface area (TPSA) is 55.2 Å². The molecule has 0 saturated heterocycles. The molecule has 23 heavy (non-hydrogen) atoms. The molecule has 0 aliphatic heterocycles. The summed E-state index contributed by atoms with van der Waals surface area (Å²) in [5.41, 5.74) is 2.92. The van der Waals surface area contributed by atoms with E-state index >= 15 is 0 Å². The van der Waals surface area contributed by atoms with Crippen LogP contribution in [0.3, 0.4) is 0 Å². The van der Waals surface area contributed by atoms with E-state index in [0.29, 0.717) is 5.70 Å². The summed E-state index contributed by atoms with van der Waals surface area (Å²) >= 11 is 0. The maximum atomic E-state index is 10.7. The molecule has 0 fully saturated rings. The van der Waals surface area contributed by atoms with E-state index in [-0.39, 0.29) is 5.69 Å². The first kappa shape index (κ1) is 16.7. The highest BCUT2D eigenvalue weighted by Crippen LogP contribution is 2.40. The van der Waals surface area contributed by atoms with E-state index in [4.69, 9.17) is 6.42 Å². The predicted octanol–water partition coefficient (Wildman–Crippen LogP) is 4.43. The Balaban J connectivity index is 2.11. The molecule has 2 aromatic rings. The van der Waals surface area contributed by atoms with Crippen molar-refractivity contribution in [2.45, 2.75) is 12.3 Å². The van der Waals surface area contributed by atoms with Crippen LogP contribution in [0.4, 0.5) is 5.69 Å². The Hall–Kier alpha value is -2.63. The van der Waals surface area contributed by atoms with Crippen LogP contribution in [-0.4, -0.2) is 4.92 Å². The Kier molecular flexibility index (Phi) is 5.91. The fourth-order valence-electron chi connectivity index (χ4n) is 2.11. The molecule has 2 rings (SSSR count). The van der Waals surface area contributed by atoms with Gasteiger partial charge in [0, 0.05) is 24.5 Å². The van der Waals surface area contributed by atoms with Crippen LogP contribution in [0.2, 0.25) is 0 Å². The number of rotatable bonds is 7. The van der Waals surface area contributed by atoms with Crippen LogP contribution in [0.15, 0.2) is 66.9 Å². The third kappa shape index (κ3) is 5.25. The fourth-order valence-corrected chi connectivity index (χ4v) is 4.12. The molecule has 0 aromatic heterocycles. The van der Waals surface area contributed by atoms with Crippen LogP contribution in [0.25, 0.3) is 0 Å². The van der Waals surface area contributed by atoms with Crippen molar-refractivity contribution in [2.24, 2.45) is 0 Å². The Morgan fingerprint density at radius 1 is 1.13 bits per heavy atom. The molecular formula is C18H17N2O2P. The summed E-state index contributed by atoms with van der Waals surface area (Å²) in [4.78, 5) is 10.3. The van der Waals surface area contributed by atoms with Crippen molar-refractivity contribution in [1.82, 2.24) is 5.09 Å². The monoisotopic (exact) mass is 324 g/mol. The Morgan fingerprint density at radius 3 is 2.22 bits per heavy atom. The van der Waals surface area contributed by atoms with Crippen LogP contribution in [-0.2, 0) is 12.3 Å². The molecule has 4 nitrogen and oxygen atoms in total. The number of terminal acetylenes is 1. The highest BCUT2D eigenvalue weighted by molar-refractivity contribution is 7.54. The van der Waals surface area contributed by atoms with Gasteiger partial charge in [-0.3, -0.25) is 10.1 Å². The van der Waals surface area contributed by atoms with Crippen molar-refractivity contribution in [2.75, 3.05) is 0 Å². The molecule has 0 bridgehead atoms. The van der Waals surface area contributed by atoms with Gasteiger partial charge in [-0.1, -0.05) is 55.0 Å². The normalized spacial score (nSPS) is 11.3. The average Bonchev–Trinajstić information content (AvgIpc) is 2.56. The van der Waals surface area contributed by atoms with Crippen LogP contribution in [0.5, 0.6) is 0 Å². The number of nitro groups is 1. The van der Waals surface area contributed by atoms with Crippen molar-refractivity contribution in [3.8, 4) is 12.3 Å². The number of hydrogen-bond donors (Lipinski definition) is 1. The van der Waals surface area contributed by atoms with Gasteiger partial charge in [0.2, 0.25) is 0 Å². The summed E-state index contributed by atoms with van der Waals surface area (Å²) in [7, 11) is -0.645. The Bertz CT molecular complexity index is 721. The predicted molar refractivity (Wildman–Crippen MR) is 95.0 cm³/mol. The van der Waals surface area contributed by atoms with Crippen molar-refractivity contribution in [3.05, 3.63) is 88.1 Å². The van der Waals surface area contributed by atoms with E-state index in [1.807, 2.05) is 18.2 Å². The van der Waals surface area contributed by atoms with Gasteiger partial charge in [-0.15, -0.1) is 6.42 Å². The van der Waals surface area contributed by atoms with Crippen LogP contribution < -0.4 is 5.09 Å². The van der Waals surface area contributed by atoms with Crippen molar-refractivity contribution < 1.29 is 4.92 Å². The van der Waals surface area contributed by atoms with Gasteiger partial charge in [0.15, 0.2) is 0 Å². The molecule has 1 atom stereocenters. The molecule has 0 aliphatic rings. The second kappa shape index (κ2) is 8.12. The minimum atomic E-state index is -0.645. The third-order valence-corrected chi connectivity index (χ3v) is 5.28. The van der Waals surface area contributed by atoms with Gasteiger partial charge < -0.3 is 5.09 Å². The second-order valence-corrected chi connectivity index (χ2v) is 6.94. The zero-order valence-corrected chi connectivity index (χ0v) is 13.5. The number of nitrogens with one attached hydrogen (secondary N) is 1. The molecule has 0 amide bonds. The molecule has 0 radical (unpaired) electrons. The lowest BCUT2D eigenvalue weighted by Crippen LogP contribution is -2.07. The quantitative estimate of drug-likeness (QED) is 0.355. The number of nitro benzene ring substituents is 1. The lowest BCUT2D eigenvalue weighted by molar-refractivity contribution is -0.384. The number of benzene rings is 2. The average molecular weight is 324 g/mol. The molecule has 0 spiro atoms. The van der Waals surface area contributed by atoms with Crippen LogP contribution in [0, 0.1) is 22.5 Å². The van der Waals surface area contributed by atoms with Crippen molar-refractivity contribution >= 4 is 13.8 Å². The molecule has 2 aromatic carbocycles. The standard InChI is InChI=1S/C18H17N2O2P/c1-3-15(2)19-23(13-16-7-5-4-6-8-16)14-17-9-11-18(12-10-17)20(21)22/h1,4-12,19H,2,13-14H2. The zero-order chi connectivity index (χ0) is 16.7. The van der Waals surface area contributed by atoms with Gasteiger partial charge in [-0.05, 0) is 19.2 Å². The lowest BCUT2D eigenvalue weighted by atomic mass is 10.2. The number of nitrogens with zero attached hydrogens (tertiary/aromatic N) is 1. The molecule has 5 heteroatoms. The van der Waals surface area contributed by atoms with E-state index in [1.165, 1.54) is 17.7 Å². The largest absolute Gasteiger partial charge is 0.357 e. The maximum Gasteiger partial charge on any atom is 0.269 e. The van der Waals surface area contributed by atoms with Crippen LogP contribution >= 0.6 is 8.07 Å². The Labute approximate surface area is 137 Å². The number of allylic oxidation sites excluding steroid dienone is 1. The van der Waals surface area contributed by atoms with Crippen LogP contribution in [0.1, 0.15) is 11.1 Å². The highest BCUT2D eigenvalue weighted by atomic mass is 31.1. The van der Waals surface area contributed by atoms with Gasteiger partial charge in [-0.2, -0.15) is 0 Å². The smallest absolute Gasteiger partial charge is 0.269 e. The van der Waals surface area contributed by atoms with Gasteiger partial charge in [-0.25, -0.2) is 0 Å². The molecule has 1 unspecified atom stereocenters. The van der Waals surface area contributed by atoms with Gasteiger partial charge in [0.05, 0.1) is 10.6 Å². The summed E-state index contributed by atoms with van der Waals surface area (Å²) in [5.74, 6) is 2.51. The summed E-state index contributed by atoms with van der Waals surface area (Å²) in [5, 5.41) is 14.0. The van der Waals surface area contributed by atoms with E-state index in [9.17, 15) is 10.1 Å². The van der Waals surface area contributed by atoms with Crippen molar-refractivity contribution in [1.29, 1.82) is 0 Å².